The first-order chi connectivity index (χ1) is 11.8. The van der Waals surface area contributed by atoms with Crippen LogP contribution < -0.4 is 0 Å². The Morgan fingerprint density at radius 3 is 2.40 bits per heavy atom. The van der Waals surface area contributed by atoms with Crippen LogP contribution >= 0.6 is 0 Å². The van der Waals surface area contributed by atoms with E-state index in [1.165, 1.54) is 6.08 Å². The summed E-state index contributed by atoms with van der Waals surface area (Å²) in [7, 11) is 2.00. The smallest absolute Gasteiger partial charge is 0.261 e. The summed E-state index contributed by atoms with van der Waals surface area (Å²) >= 11 is 0. The molecule has 2 heterocycles. The van der Waals surface area contributed by atoms with E-state index in [1.54, 1.807) is 24.3 Å². The quantitative estimate of drug-likeness (QED) is 0.769. The van der Waals surface area contributed by atoms with Crippen molar-refractivity contribution >= 4 is 11.8 Å². The third-order valence-electron chi connectivity index (χ3n) is 5.08. The van der Waals surface area contributed by atoms with E-state index in [-0.39, 0.29) is 18.3 Å². The number of hydrogen-bond acceptors (Lipinski definition) is 4. The number of imide groups is 1. The van der Waals surface area contributed by atoms with Crippen LogP contribution in [0.15, 0.2) is 36.2 Å². The predicted molar refractivity (Wildman–Crippen MR) is 91.8 cm³/mol. The Morgan fingerprint density at radius 1 is 1.28 bits per heavy atom. The van der Waals surface area contributed by atoms with Gasteiger partial charge in [-0.2, -0.15) is 0 Å². The molecular weight excluding hydrogens is 323 g/mol. The van der Waals surface area contributed by atoms with Crippen LogP contribution in [0.3, 0.4) is 0 Å². The first-order valence-electron chi connectivity index (χ1n) is 8.48. The topological polar surface area (TPSA) is 49.9 Å². The van der Waals surface area contributed by atoms with Crippen LogP contribution in [0.25, 0.3) is 0 Å². The lowest BCUT2D eigenvalue weighted by molar-refractivity contribution is -0.0414. The number of carbonyl (C=O) groups excluding carboxylic acids is 2. The van der Waals surface area contributed by atoms with Crippen molar-refractivity contribution in [1.82, 2.24) is 9.80 Å². The van der Waals surface area contributed by atoms with Gasteiger partial charge in [-0.25, -0.2) is 4.39 Å². The normalized spacial score (nSPS) is 23.4. The summed E-state index contributed by atoms with van der Waals surface area (Å²) in [6.45, 7) is 4.32. The van der Waals surface area contributed by atoms with Crippen LogP contribution in [0.2, 0.25) is 0 Å². The molecule has 1 aromatic rings. The zero-order chi connectivity index (χ0) is 18.2. The van der Waals surface area contributed by atoms with Crippen LogP contribution in [0.5, 0.6) is 0 Å². The average Bonchev–Trinajstić information content (AvgIpc) is 2.98. The molecule has 6 heteroatoms. The maximum atomic E-state index is 14.2. The summed E-state index contributed by atoms with van der Waals surface area (Å²) in [6, 6.07) is 6.81. The Morgan fingerprint density at radius 2 is 1.88 bits per heavy atom. The lowest BCUT2D eigenvalue weighted by Gasteiger charge is -2.29. The molecule has 134 valence electrons. The van der Waals surface area contributed by atoms with E-state index in [9.17, 15) is 14.0 Å². The van der Waals surface area contributed by atoms with E-state index in [1.807, 2.05) is 20.9 Å². The number of nitrogens with zero attached hydrogens (tertiary/aromatic N) is 2. The maximum absolute atomic E-state index is 14.2. The van der Waals surface area contributed by atoms with Gasteiger partial charge >= 0.3 is 0 Å². The second-order valence-electron chi connectivity index (χ2n) is 6.99. The summed E-state index contributed by atoms with van der Waals surface area (Å²) in [5, 5.41) is 0. The Labute approximate surface area is 147 Å². The van der Waals surface area contributed by atoms with Crippen molar-refractivity contribution in [1.29, 1.82) is 0 Å². The van der Waals surface area contributed by atoms with Gasteiger partial charge in [-0.1, -0.05) is 18.2 Å². The van der Waals surface area contributed by atoms with E-state index < -0.39 is 17.6 Å². The molecule has 1 saturated heterocycles. The van der Waals surface area contributed by atoms with Crippen molar-refractivity contribution in [3.8, 4) is 0 Å². The fraction of sp³-hybridized carbons (Fsp3) is 0.474. The fourth-order valence-electron chi connectivity index (χ4n) is 3.26. The highest BCUT2D eigenvalue weighted by Gasteiger charge is 2.37. The van der Waals surface area contributed by atoms with Gasteiger partial charge in [-0.15, -0.1) is 0 Å². The highest BCUT2D eigenvalue weighted by Crippen LogP contribution is 2.28. The van der Waals surface area contributed by atoms with Crippen LogP contribution in [-0.4, -0.2) is 53.6 Å². The van der Waals surface area contributed by atoms with Crippen molar-refractivity contribution in [2.24, 2.45) is 0 Å². The second-order valence-corrected chi connectivity index (χ2v) is 6.99. The van der Waals surface area contributed by atoms with Crippen LogP contribution in [0.1, 0.15) is 47.4 Å². The molecule has 0 N–H and O–H groups in total. The maximum Gasteiger partial charge on any atom is 0.261 e. The molecule has 2 aliphatic rings. The van der Waals surface area contributed by atoms with Gasteiger partial charge in [0, 0.05) is 6.04 Å². The number of fused-ring (bicyclic) bond motifs is 1. The van der Waals surface area contributed by atoms with Crippen molar-refractivity contribution in [3.63, 3.8) is 0 Å². The SMILES string of the molecule is CN1[C@@H](CCC=C(F)CN2C(=O)c3ccccc3C2=O)COC1(C)C. The number of hydrogen-bond donors (Lipinski definition) is 0. The molecule has 0 bridgehead atoms. The third kappa shape index (κ3) is 3.37. The molecule has 0 spiro atoms. The summed E-state index contributed by atoms with van der Waals surface area (Å²) in [4.78, 5) is 27.6. The van der Waals surface area contributed by atoms with E-state index in [0.29, 0.717) is 24.2 Å². The standard InChI is InChI=1S/C19H23FN2O3/c1-19(2)21(3)14(12-25-19)8-6-7-13(20)11-22-17(23)15-9-4-5-10-16(15)18(22)24/h4-5,7,9-10,14H,6,8,11-12H2,1-3H3/t14-/m0/s1. The van der Waals surface area contributed by atoms with Crippen LogP contribution in [0, 0.1) is 0 Å². The Balaban J connectivity index is 1.56. The first-order valence-corrected chi connectivity index (χ1v) is 8.48. The van der Waals surface area contributed by atoms with Crippen molar-refractivity contribution in [2.45, 2.75) is 38.5 Å². The second kappa shape index (κ2) is 6.69. The highest BCUT2D eigenvalue weighted by molar-refractivity contribution is 6.21. The predicted octanol–water partition coefficient (Wildman–Crippen LogP) is 2.98. The largest absolute Gasteiger partial charge is 0.359 e. The molecule has 0 radical (unpaired) electrons. The van der Waals surface area contributed by atoms with Crippen LogP contribution in [0.4, 0.5) is 4.39 Å². The van der Waals surface area contributed by atoms with E-state index in [0.717, 1.165) is 11.3 Å². The molecule has 3 rings (SSSR count). The number of allylic oxidation sites excluding steroid dienone is 1. The molecular formula is C19H23FN2O3. The van der Waals surface area contributed by atoms with Gasteiger partial charge in [0.25, 0.3) is 11.8 Å². The number of ether oxygens (including phenoxy) is 1. The Bertz CT molecular complexity index is 694. The van der Waals surface area contributed by atoms with E-state index >= 15 is 0 Å². The minimum Gasteiger partial charge on any atom is -0.359 e. The highest BCUT2D eigenvalue weighted by atomic mass is 19.1. The molecule has 0 aromatic heterocycles. The summed E-state index contributed by atoms with van der Waals surface area (Å²) in [5.41, 5.74) is 0.382. The Hall–Kier alpha value is -2.05. The van der Waals surface area contributed by atoms with E-state index in [4.69, 9.17) is 4.74 Å². The zero-order valence-electron chi connectivity index (χ0n) is 14.8. The molecule has 2 amide bonds. The van der Waals surface area contributed by atoms with Gasteiger partial charge in [0.2, 0.25) is 0 Å². The molecule has 1 aromatic carbocycles. The fourth-order valence-corrected chi connectivity index (χ4v) is 3.26. The van der Waals surface area contributed by atoms with Gasteiger partial charge in [-0.3, -0.25) is 19.4 Å². The van der Waals surface area contributed by atoms with Crippen molar-refractivity contribution < 1.29 is 18.7 Å². The number of benzene rings is 1. The van der Waals surface area contributed by atoms with Crippen molar-refractivity contribution in [3.05, 3.63) is 47.3 Å². The number of halogens is 1. The molecule has 2 aliphatic heterocycles. The minimum atomic E-state index is -0.463. The summed E-state index contributed by atoms with van der Waals surface area (Å²) in [6.07, 6.45) is 2.75. The minimum absolute atomic E-state index is 0.235. The number of amides is 2. The van der Waals surface area contributed by atoms with Gasteiger partial charge in [0.15, 0.2) is 0 Å². The first kappa shape index (κ1) is 17.8. The number of rotatable bonds is 5. The number of likely N-dealkylation sites (N-methyl/N-ethyl adjacent to an activating group) is 1. The lowest BCUT2D eigenvalue weighted by atomic mass is 10.1. The Kier molecular flexibility index (Phi) is 4.75. The lowest BCUT2D eigenvalue weighted by Crippen LogP contribution is -2.40. The van der Waals surface area contributed by atoms with Gasteiger partial charge in [0.05, 0.1) is 24.3 Å². The summed E-state index contributed by atoms with van der Waals surface area (Å²) < 4.78 is 19.9. The number of carbonyl (C=O) groups is 2. The molecule has 1 fully saturated rings. The van der Waals surface area contributed by atoms with Gasteiger partial charge in [0.1, 0.15) is 11.6 Å². The zero-order valence-corrected chi connectivity index (χ0v) is 14.8. The van der Waals surface area contributed by atoms with Gasteiger partial charge < -0.3 is 4.74 Å². The molecule has 0 aliphatic carbocycles. The van der Waals surface area contributed by atoms with Gasteiger partial charge in [-0.05, 0) is 45.9 Å². The molecule has 0 saturated carbocycles. The average molecular weight is 346 g/mol. The van der Waals surface area contributed by atoms with Crippen LogP contribution in [-0.2, 0) is 4.74 Å². The summed E-state index contributed by atoms with van der Waals surface area (Å²) in [5.74, 6) is -1.33. The van der Waals surface area contributed by atoms with E-state index in [2.05, 4.69) is 4.90 Å². The molecule has 25 heavy (non-hydrogen) atoms. The molecule has 0 unspecified atom stereocenters. The van der Waals surface area contributed by atoms with Crippen molar-refractivity contribution in [2.75, 3.05) is 20.2 Å². The monoisotopic (exact) mass is 346 g/mol. The molecule has 5 nitrogen and oxygen atoms in total. The third-order valence-corrected chi connectivity index (χ3v) is 5.08. The molecule has 1 atom stereocenters.